The molecule has 2 heterocycles. The van der Waals surface area contributed by atoms with Crippen LogP contribution < -0.4 is 0 Å². The lowest BCUT2D eigenvalue weighted by molar-refractivity contribution is 0.290. The summed E-state index contributed by atoms with van der Waals surface area (Å²) in [5.41, 5.74) is 0. The van der Waals surface area contributed by atoms with Crippen LogP contribution in [-0.2, 0) is 6.54 Å². The average Bonchev–Trinajstić information content (AvgIpc) is 2.53. The molecule has 0 atom stereocenters. The summed E-state index contributed by atoms with van der Waals surface area (Å²) in [5.74, 6) is 0. The molecular weight excluding hydrogens is 295 g/mol. The monoisotopic (exact) mass is 306 g/mol. The van der Waals surface area contributed by atoms with Crippen LogP contribution in [0.1, 0.15) is 11.4 Å². The van der Waals surface area contributed by atoms with Crippen molar-refractivity contribution >= 4 is 33.9 Å². The van der Waals surface area contributed by atoms with Gasteiger partial charge in [-0.3, -0.25) is 4.90 Å². The van der Waals surface area contributed by atoms with Gasteiger partial charge in [0.25, 0.3) is 0 Å². The quantitative estimate of drug-likeness (QED) is 0.616. The Hall–Kier alpha value is 0.0600. The molecular formula is C9H11IN2S. The van der Waals surface area contributed by atoms with E-state index in [9.17, 15) is 0 Å². The van der Waals surface area contributed by atoms with Crippen molar-refractivity contribution in [2.24, 2.45) is 0 Å². The van der Waals surface area contributed by atoms with Crippen LogP contribution in [0.25, 0.3) is 0 Å². The SMILES string of the molecule is Ic1cnc(CN2CC=CCC2)s1. The molecule has 0 fully saturated rings. The van der Waals surface area contributed by atoms with Crippen LogP contribution in [0.5, 0.6) is 0 Å². The highest BCUT2D eigenvalue weighted by atomic mass is 127. The first-order valence-corrected chi connectivity index (χ1v) is 6.22. The summed E-state index contributed by atoms with van der Waals surface area (Å²) in [6.07, 6.45) is 7.62. The molecule has 0 bridgehead atoms. The second kappa shape index (κ2) is 4.52. The zero-order chi connectivity index (χ0) is 9.10. The maximum Gasteiger partial charge on any atom is 0.108 e. The van der Waals surface area contributed by atoms with Crippen molar-refractivity contribution in [2.45, 2.75) is 13.0 Å². The van der Waals surface area contributed by atoms with Crippen molar-refractivity contribution in [1.82, 2.24) is 9.88 Å². The van der Waals surface area contributed by atoms with Gasteiger partial charge < -0.3 is 0 Å². The van der Waals surface area contributed by atoms with Crippen LogP contribution in [0.15, 0.2) is 18.3 Å². The number of rotatable bonds is 2. The summed E-state index contributed by atoms with van der Waals surface area (Å²) >= 11 is 4.11. The Morgan fingerprint density at radius 3 is 3.08 bits per heavy atom. The second-order valence-electron chi connectivity index (χ2n) is 3.05. The molecule has 2 rings (SSSR count). The Labute approximate surface area is 95.8 Å². The zero-order valence-electron chi connectivity index (χ0n) is 7.24. The van der Waals surface area contributed by atoms with E-state index in [1.165, 1.54) is 20.9 Å². The maximum absolute atomic E-state index is 4.36. The molecule has 0 aliphatic carbocycles. The van der Waals surface area contributed by atoms with Gasteiger partial charge in [0.2, 0.25) is 0 Å². The molecule has 0 N–H and O–H groups in total. The van der Waals surface area contributed by atoms with Gasteiger partial charge in [-0.25, -0.2) is 4.98 Å². The van der Waals surface area contributed by atoms with Gasteiger partial charge in [0, 0.05) is 13.1 Å². The summed E-state index contributed by atoms with van der Waals surface area (Å²) in [6, 6.07) is 0. The number of hydrogen-bond donors (Lipinski definition) is 0. The van der Waals surface area contributed by atoms with Crippen molar-refractivity contribution in [3.63, 3.8) is 0 Å². The molecule has 0 aromatic carbocycles. The van der Waals surface area contributed by atoms with E-state index in [1.807, 2.05) is 6.20 Å². The third-order valence-electron chi connectivity index (χ3n) is 2.03. The molecule has 1 aliphatic heterocycles. The molecule has 2 nitrogen and oxygen atoms in total. The molecule has 0 saturated carbocycles. The Bertz CT molecular complexity index is 308. The maximum atomic E-state index is 4.36. The van der Waals surface area contributed by atoms with Gasteiger partial charge in [0.15, 0.2) is 0 Å². The predicted molar refractivity (Wildman–Crippen MR) is 63.9 cm³/mol. The molecule has 13 heavy (non-hydrogen) atoms. The van der Waals surface area contributed by atoms with Gasteiger partial charge in [-0.1, -0.05) is 12.2 Å². The summed E-state index contributed by atoms with van der Waals surface area (Å²) in [7, 11) is 0. The molecule has 1 aromatic heterocycles. The van der Waals surface area contributed by atoms with Crippen LogP contribution in [0.3, 0.4) is 0 Å². The first-order chi connectivity index (χ1) is 6.34. The van der Waals surface area contributed by atoms with E-state index in [4.69, 9.17) is 0 Å². The lowest BCUT2D eigenvalue weighted by Gasteiger charge is -2.21. The van der Waals surface area contributed by atoms with Gasteiger partial charge in [0.05, 0.1) is 15.6 Å². The predicted octanol–water partition coefficient (Wildman–Crippen LogP) is 2.51. The Kier molecular flexibility index (Phi) is 3.34. The minimum atomic E-state index is 1.01. The van der Waals surface area contributed by atoms with E-state index in [2.05, 4.69) is 44.6 Å². The first-order valence-electron chi connectivity index (χ1n) is 4.32. The largest absolute Gasteiger partial charge is 0.293 e. The van der Waals surface area contributed by atoms with Crippen molar-refractivity contribution in [3.8, 4) is 0 Å². The topological polar surface area (TPSA) is 16.1 Å². The van der Waals surface area contributed by atoms with E-state index in [0.29, 0.717) is 0 Å². The fourth-order valence-electron chi connectivity index (χ4n) is 1.39. The third-order valence-corrected chi connectivity index (χ3v) is 3.74. The van der Waals surface area contributed by atoms with Gasteiger partial charge >= 0.3 is 0 Å². The highest BCUT2D eigenvalue weighted by molar-refractivity contribution is 14.1. The summed E-state index contributed by atoms with van der Waals surface area (Å²) < 4.78 is 1.28. The number of hydrogen-bond acceptors (Lipinski definition) is 3. The number of aromatic nitrogens is 1. The fourth-order valence-corrected chi connectivity index (χ4v) is 2.97. The second-order valence-corrected chi connectivity index (χ2v) is 6.06. The standard InChI is InChI=1S/C9H11IN2S/c10-8-6-11-9(13-8)7-12-4-2-1-3-5-12/h1-2,6H,3-5,7H2. The van der Waals surface area contributed by atoms with E-state index in [-0.39, 0.29) is 0 Å². The van der Waals surface area contributed by atoms with Crippen LogP contribution in [-0.4, -0.2) is 23.0 Å². The van der Waals surface area contributed by atoms with Crippen LogP contribution >= 0.6 is 33.9 Å². The zero-order valence-corrected chi connectivity index (χ0v) is 10.2. The Balaban J connectivity index is 1.94. The molecule has 4 heteroatoms. The van der Waals surface area contributed by atoms with Gasteiger partial charge in [-0.05, 0) is 29.0 Å². The normalized spacial score (nSPS) is 17.9. The van der Waals surface area contributed by atoms with Gasteiger partial charge in [-0.15, -0.1) is 11.3 Å². The molecule has 0 radical (unpaired) electrons. The third kappa shape index (κ3) is 2.75. The lowest BCUT2D eigenvalue weighted by atomic mass is 10.2. The first kappa shape index (κ1) is 9.61. The highest BCUT2D eigenvalue weighted by Gasteiger charge is 2.08. The molecule has 0 saturated heterocycles. The van der Waals surface area contributed by atoms with Crippen LogP contribution in [0.2, 0.25) is 0 Å². The van der Waals surface area contributed by atoms with E-state index >= 15 is 0 Å². The summed E-state index contributed by atoms with van der Waals surface area (Å²) in [4.78, 5) is 6.78. The smallest absolute Gasteiger partial charge is 0.108 e. The van der Waals surface area contributed by atoms with Crippen molar-refractivity contribution in [2.75, 3.05) is 13.1 Å². The molecule has 1 aromatic rings. The highest BCUT2D eigenvalue weighted by Crippen LogP contribution is 2.17. The van der Waals surface area contributed by atoms with Crippen LogP contribution in [0.4, 0.5) is 0 Å². The van der Waals surface area contributed by atoms with Crippen LogP contribution in [0, 0.1) is 2.88 Å². The average molecular weight is 306 g/mol. The Morgan fingerprint density at radius 1 is 1.54 bits per heavy atom. The van der Waals surface area contributed by atoms with E-state index in [1.54, 1.807) is 11.3 Å². The molecule has 0 unspecified atom stereocenters. The fraction of sp³-hybridized carbons (Fsp3) is 0.444. The minimum Gasteiger partial charge on any atom is -0.293 e. The summed E-state index contributed by atoms with van der Waals surface area (Å²) in [5, 5.41) is 1.24. The number of thiazole rings is 1. The van der Waals surface area contributed by atoms with E-state index < -0.39 is 0 Å². The number of nitrogens with zero attached hydrogens (tertiary/aromatic N) is 2. The number of halogens is 1. The molecule has 0 spiro atoms. The molecule has 0 amide bonds. The van der Waals surface area contributed by atoms with Crippen molar-refractivity contribution in [3.05, 3.63) is 26.2 Å². The molecule has 1 aliphatic rings. The Morgan fingerprint density at radius 2 is 2.46 bits per heavy atom. The van der Waals surface area contributed by atoms with Gasteiger partial charge in [0.1, 0.15) is 5.01 Å². The van der Waals surface area contributed by atoms with Gasteiger partial charge in [-0.2, -0.15) is 0 Å². The lowest BCUT2D eigenvalue weighted by Crippen LogP contribution is -2.26. The van der Waals surface area contributed by atoms with Crippen molar-refractivity contribution in [1.29, 1.82) is 0 Å². The molecule has 70 valence electrons. The minimum absolute atomic E-state index is 1.01. The van der Waals surface area contributed by atoms with Crippen molar-refractivity contribution < 1.29 is 0 Å². The summed E-state index contributed by atoms with van der Waals surface area (Å²) in [6.45, 7) is 3.26. The van der Waals surface area contributed by atoms with E-state index in [0.717, 1.165) is 13.1 Å².